The largest absolute Gasteiger partial charge is 0.378 e. The number of nitrogens with one attached hydrogen (secondary N) is 1. The first kappa shape index (κ1) is 18.5. The van der Waals surface area contributed by atoms with Gasteiger partial charge in [-0.2, -0.15) is 0 Å². The Hall–Kier alpha value is -3.27. The van der Waals surface area contributed by atoms with Gasteiger partial charge >= 0.3 is 0 Å². The maximum Gasteiger partial charge on any atom is 0.255 e. The van der Waals surface area contributed by atoms with Crippen LogP contribution in [0.5, 0.6) is 0 Å². The van der Waals surface area contributed by atoms with Crippen LogP contribution < -0.4 is 15.1 Å². The van der Waals surface area contributed by atoms with Crippen molar-refractivity contribution in [2.45, 2.75) is 6.54 Å². The van der Waals surface area contributed by atoms with E-state index < -0.39 is 0 Å². The third kappa shape index (κ3) is 4.88. The summed E-state index contributed by atoms with van der Waals surface area (Å²) >= 11 is 0. The molecule has 0 spiro atoms. The molecule has 0 atom stereocenters. The topological polar surface area (TPSA) is 35.6 Å². The fraction of sp³-hybridized carbons (Fsp3) is 0.174. The Morgan fingerprint density at radius 1 is 0.815 bits per heavy atom. The maximum absolute atomic E-state index is 12.5. The van der Waals surface area contributed by atoms with Gasteiger partial charge in [-0.1, -0.05) is 36.4 Å². The SMILES string of the molecule is CN(C)c1cccc(C(=O)Nc2ccc(N(C)Cc3ccccc3)cc2)c1. The lowest BCUT2D eigenvalue weighted by atomic mass is 10.1. The third-order valence-electron chi connectivity index (χ3n) is 4.45. The van der Waals surface area contributed by atoms with Gasteiger partial charge in [-0.25, -0.2) is 0 Å². The zero-order valence-electron chi connectivity index (χ0n) is 16.0. The molecule has 0 fully saturated rings. The van der Waals surface area contributed by atoms with E-state index in [9.17, 15) is 4.79 Å². The molecule has 0 saturated heterocycles. The van der Waals surface area contributed by atoms with Crippen LogP contribution >= 0.6 is 0 Å². The van der Waals surface area contributed by atoms with Gasteiger partial charge in [0, 0.05) is 50.3 Å². The smallest absolute Gasteiger partial charge is 0.255 e. The molecule has 0 saturated carbocycles. The van der Waals surface area contributed by atoms with Crippen molar-refractivity contribution < 1.29 is 4.79 Å². The molecule has 1 amide bonds. The van der Waals surface area contributed by atoms with Gasteiger partial charge in [0.05, 0.1) is 0 Å². The molecule has 0 aliphatic heterocycles. The summed E-state index contributed by atoms with van der Waals surface area (Å²) in [6.45, 7) is 0.837. The first-order chi connectivity index (χ1) is 13.0. The van der Waals surface area contributed by atoms with Gasteiger partial charge in [0.15, 0.2) is 0 Å². The molecule has 138 valence electrons. The van der Waals surface area contributed by atoms with Crippen molar-refractivity contribution >= 4 is 23.0 Å². The van der Waals surface area contributed by atoms with E-state index in [4.69, 9.17) is 0 Å². The first-order valence-corrected chi connectivity index (χ1v) is 8.97. The summed E-state index contributed by atoms with van der Waals surface area (Å²) in [5, 5.41) is 2.96. The van der Waals surface area contributed by atoms with Crippen LogP contribution in [0, 0.1) is 0 Å². The lowest BCUT2D eigenvalue weighted by Crippen LogP contribution is -2.16. The fourth-order valence-electron chi connectivity index (χ4n) is 2.88. The second-order valence-electron chi connectivity index (χ2n) is 6.79. The summed E-state index contributed by atoms with van der Waals surface area (Å²) in [6, 6.07) is 25.9. The molecule has 0 unspecified atom stereocenters. The van der Waals surface area contributed by atoms with Crippen LogP contribution in [0.15, 0.2) is 78.9 Å². The minimum atomic E-state index is -0.107. The second kappa shape index (κ2) is 8.41. The van der Waals surface area contributed by atoms with E-state index in [1.165, 1.54) is 5.56 Å². The first-order valence-electron chi connectivity index (χ1n) is 8.97. The summed E-state index contributed by atoms with van der Waals surface area (Å²) < 4.78 is 0. The number of benzene rings is 3. The number of hydrogen-bond donors (Lipinski definition) is 1. The van der Waals surface area contributed by atoms with Gasteiger partial charge in [-0.3, -0.25) is 4.79 Å². The summed E-state index contributed by atoms with van der Waals surface area (Å²) in [7, 11) is 5.98. The highest BCUT2D eigenvalue weighted by atomic mass is 16.1. The average Bonchev–Trinajstić information content (AvgIpc) is 2.69. The predicted molar refractivity (Wildman–Crippen MR) is 114 cm³/mol. The second-order valence-corrected chi connectivity index (χ2v) is 6.79. The summed E-state index contributed by atoms with van der Waals surface area (Å²) in [5.41, 5.74) is 4.80. The molecule has 3 rings (SSSR count). The molecular weight excluding hydrogens is 334 g/mol. The normalized spacial score (nSPS) is 10.3. The molecule has 0 aliphatic carbocycles. The number of carbonyl (C=O) groups excluding carboxylic acids is 1. The molecule has 27 heavy (non-hydrogen) atoms. The van der Waals surface area contributed by atoms with Crippen molar-refractivity contribution in [3.63, 3.8) is 0 Å². The monoisotopic (exact) mass is 359 g/mol. The van der Waals surface area contributed by atoms with Gasteiger partial charge in [-0.05, 0) is 48.0 Å². The predicted octanol–water partition coefficient (Wildman–Crippen LogP) is 4.64. The quantitative estimate of drug-likeness (QED) is 0.696. The van der Waals surface area contributed by atoms with E-state index in [-0.39, 0.29) is 5.91 Å². The zero-order valence-corrected chi connectivity index (χ0v) is 16.0. The van der Waals surface area contributed by atoms with Crippen LogP contribution in [0.2, 0.25) is 0 Å². The Morgan fingerprint density at radius 3 is 2.19 bits per heavy atom. The van der Waals surface area contributed by atoms with Crippen molar-refractivity contribution in [2.75, 3.05) is 36.3 Å². The highest BCUT2D eigenvalue weighted by Crippen LogP contribution is 2.20. The van der Waals surface area contributed by atoms with E-state index in [2.05, 4.69) is 29.4 Å². The number of hydrogen-bond acceptors (Lipinski definition) is 3. The van der Waals surface area contributed by atoms with Crippen molar-refractivity contribution in [3.8, 4) is 0 Å². The number of rotatable bonds is 6. The molecular formula is C23H25N3O. The molecule has 1 N–H and O–H groups in total. The number of anilines is 3. The highest BCUT2D eigenvalue weighted by Gasteiger charge is 2.08. The van der Waals surface area contributed by atoms with E-state index in [1.54, 1.807) is 0 Å². The van der Waals surface area contributed by atoms with Crippen LogP contribution in [0.25, 0.3) is 0 Å². The minimum Gasteiger partial charge on any atom is -0.378 e. The van der Waals surface area contributed by atoms with Gasteiger partial charge in [0.1, 0.15) is 0 Å². The van der Waals surface area contributed by atoms with Crippen molar-refractivity contribution in [1.29, 1.82) is 0 Å². The average molecular weight is 359 g/mol. The molecule has 0 bridgehead atoms. The van der Waals surface area contributed by atoms with Gasteiger partial charge in [0.2, 0.25) is 0 Å². The number of amides is 1. The summed E-state index contributed by atoms with van der Waals surface area (Å²) in [6.07, 6.45) is 0. The van der Waals surface area contributed by atoms with E-state index in [0.717, 1.165) is 23.6 Å². The minimum absolute atomic E-state index is 0.107. The Labute approximate surface area is 161 Å². The van der Waals surface area contributed by atoms with Gasteiger partial charge in [-0.15, -0.1) is 0 Å². The lowest BCUT2D eigenvalue weighted by Gasteiger charge is -2.20. The number of carbonyl (C=O) groups is 1. The molecule has 0 aromatic heterocycles. The Kier molecular flexibility index (Phi) is 5.77. The van der Waals surface area contributed by atoms with Crippen LogP contribution in [0.4, 0.5) is 17.1 Å². The standard InChI is InChI=1S/C23H25N3O/c1-25(2)22-11-7-10-19(16-22)23(27)24-20-12-14-21(15-13-20)26(3)17-18-8-5-4-6-9-18/h4-16H,17H2,1-3H3,(H,24,27). The van der Waals surface area contributed by atoms with Crippen LogP contribution in [0.3, 0.4) is 0 Å². The lowest BCUT2D eigenvalue weighted by molar-refractivity contribution is 0.102. The Morgan fingerprint density at radius 2 is 1.52 bits per heavy atom. The molecule has 3 aromatic rings. The number of nitrogens with zero attached hydrogens (tertiary/aromatic N) is 2. The summed E-state index contributed by atoms with van der Waals surface area (Å²) in [5.74, 6) is -0.107. The Balaban J connectivity index is 1.65. The zero-order chi connectivity index (χ0) is 19.2. The van der Waals surface area contributed by atoms with Gasteiger partial charge in [0.25, 0.3) is 5.91 Å². The molecule has 3 aromatic carbocycles. The van der Waals surface area contributed by atoms with Crippen LogP contribution in [-0.2, 0) is 6.54 Å². The highest BCUT2D eigenvalue weighted by molar-refractivity contribution is 6.04. The van der Waals surface area contributed by atoms with Gasteiger partial charge < -0.3 is 15.1 Å². The Bertz CT molecular complexity index is 889. The van der Waals surface area contributed by atoms with Crippen molar-refractivity contribution in [1.82, 2.24) is 0 Å². The molecule has 0 heterocycles. The van der Waals surface area contributed by atoms with Crippen LogP contribution in [-0.4, -0.2) is 27.1 Å². The third-order valence-corrected chi connectivity index (χ3v) is 4.45. The molecule has 0 aliphatic rings. The van der Waals surface area contributed by atoms with Crippen molar-refractivity contribution in [2.24, 2.45) is 0 Å². The fourth-order valence-corrected chi connectivity index (χ4v) is 2.88. The molecule has 4 heteroatoms. The van der Waals surface area contributed by atoms with E-state index in [1.807, 2.05) is 85.7 Å². The molecule has 0 radical (unpaired) electrons. The summed E-state index contributed by atoms with van der Waals surface area (Å²) in [4.78, 5) is 16.7. The molecule has 4 nitrogen and oxygen atoms in total. The van der Waals surface area contributed by atoms with E-state index in [0.29, 0.717) is 5.56 Å². The maximum atomic E-state index is 12.5. The van der Waals surface area contributed by atoms with E-state index >= 15 is 0 Å². The van der Waals surface area contributed by atoms with Crippen LogP contribution in [0.1, 0.15) is 15.9 Å². The van der Waals surface area contributed by atoms with Crippen molar-refractivity contribution in [3.05, 3.63) is 90.0 Å².